The summed E-state index contributed by atoms with van der Waals surface area (Å²) in [7, 11) is 0. The second-order valence-corrected chi connectivity index (χ2v) is 7.53. The molecule has 0 heterocycles. The molecule has 0 saturated heterocycles. The smallest absolute Gasteiger partial charge is 0.223 e. The Balaban J connectivity index is 1.61. The molecule has 2 aliphatic rings. The highest BCUT2D eigenvalue weighted by Crippen LogP contribution is 2.28. The Morgan fingerprint density at radius 2 is 1.74 bits per heavy atom. The number of hydrogen-bond donors (Lipinski definition) is 3. The fraction of sp³-hybridized carbons (Fsp3) is 0.889. The van der Waals surface area contributed by atoms with Crippen LogP contribution in [0.25, 0.3) is 0 Å². The number of rotatable bonds is 7. The van der Waals surface area contributed by atoms with E-state index < -0.39 is 0 Å². The van der Waals surface area contributed by atoms with Crippen molar-refractivity contribution in [3.05, 3.63) is 0 Å². The minimum absolute atomic E-state index is 0.103. The van der Waals surface area contributed by atoms with Crippen molar-refractivity contribution < 1.29 is 9.59 Å². The van der Waals surface area contributed by atoms with Crippen molar-refractivity contribution in [1.29, 1.82) is 0 Å². The molecule has 5 heteroatoms. The molecule has 2 amide bonds. The Bertz CT molecular complexity index is 384. The summed E-state index contributed by atoms with van der Waals surface area (Å²) < 4.78 is 0. The molecule has 1 unspecified atom stereocenters. The highest BCUT2D eigenvalue weighted by molar-refractivity contribution is 5.79. The van der Waals surface area contributed by atoms with Gasteiger partial charge in [0.25, 0.3) is 0 Å². The van der Waals surface area contributed by atoms with E-state index in [1.807, 2.05) is 6.92 Å². The summed E-state index contributed by atoms with van der Waals surface area (Å²) in [6.45, 7) is 2.61. The van der Waals surface area contributed by atoms with Gasteiger partial charge < -0.3 is 16.4 Å². The molecule has 2 fully saturated rings. The van der Waals surface area contributed by atoms with Gasteiger partial charge >= 0.3 is 0 Å². The van der Waals surface area contributed by atoms with Gasteiger partial charge in [0.15, 0.2) is 0 Å². The fourth-order valence-corrected chi connectivity index (χ4v) is 3.83. The molecule has 132 valence electrons. The monoisotopic (exact) mass is 323 g/mol. The predicted molar refractivity (Wildman–Crippen MR) is 91.7 cm³/mol. The normalized spacial score (nSPS) is 26.7. The first-order valence-corrected chi connectivity index (χ1v) is 9.37. The zero-order valence-corrected chi connectivity index (χ0v) is 14.5. The third kappa shape index (κ3) is 6.50. The molecule has 2 aliphatic carbocycles. The summed E-state index contributed by atoms with van der Waals surface area (Å²) in [6, 6.07) is 0.387. The van der Waals surface area contributed by atoms with E-state index in [1.54, 1.807) is 0 Å². The fourth-order valence-electron chi connectivity index (χ4n) is 3.83. The van der Waals surface area contributed by atoms with Crippen molar-refractivity contribution in [1.82, 2.24) is 10.6 Å². The second-order valence-electron chi connectivity index (χ2n) is 7.53. The second kappa shape index (κ2) is 9.26. The van der Waals surface area contributed by atoms with E-state index in [2.05, 4.69) is 10.6 Å². The van der Waals surface area contributed by atoms with E-state index in [4.69, 9.17) is 5.73 Å². The predicted octanol–water partition coefficient (Wildman–Crippen LogP) is 2.10. The Morgan fingerprint density at radius 1 is 1.09 bits per heavy atom. The minimum atomic E-state index is 0.103. The van der Waals surface area contributed by atoms with Gasteiger partial charge in [0.2, 0.25) is 11.8 Å². The molecule has 4 N–H and O–H groups in total. The number of carbonyl (C=O) groups excluding carboxylic acids is 2. The van der Waals surface area contributed by atoms with Crippen molar-refractivity contribution >= 4 is 11.8 Å². The highest BCUT2D eigenvalue weighted by atomic mass is 16.2. The van der Waals surface area contributed by atoms with E-state index in [0.29, 0.717) is 18.9 Å². The lowest BCUT2D eigenvalue weighted by Crippen LogP contribution is -2.41. The quantitative estimate of drug-likeness (QED) is 0.671. The van der Waals surface area contributed by atoms with Crippen molar-refractivity contribution in [3.63, 3.8) is 0 Å². The first-order chi connectivity index (χ1) is 11.0. The Morgan fingerprint density at radius 3 is 2.35 bits per heavy atom. The van der Waals surface area contributed by atoms with Crippen molar-refractivity contribution in [2.75, 3.05) is 6.54 Å². The van der Waals surface area contributed by atoms with E-state index >= 15 is 0 Å². The van der Waals surface area contributed by atoms with E-state index in [1.165, 1.54) is 25.7 Å². The molecule has 0 aromatic carbocycles. The van der Waals surface area contributed by atoms with Gasteiger partial charge in [-0.3, -0.25) is 9.59 Å². The minimum Gasteiger partial charge on any atom is -0.356 e. The molecular weight excluding hydrogens is 290 g/mol. The van der Waals surface area contributed by atoms with Gasteiger partial charge in [-0.1, -0.05) is 12.8 Å². The van der Waals surface area contributed by atoms with Crippen LogP contribution in [0.5, 0.6) is 0 Å². The summed E-state index contributed by atoms with van der Waals surface area (Å²) in [4.78, 5) is 24.2. The number of nitrogens with two attached hydrogens (primary N) is 1. The molecule has 2 saturated carbocycles. The van der Waals surface area contributed by atoms with Crippen LogP contribution in [0, 0.1) is 11.8 Å². The highest BCUT2D eigenvalue weighted by Gasteiger charge is 2.27. The molecule has 1 atom stereocenters. The average molecular weight is 323 g/mol. The average Bonchev–Trinajstić information content (AvgIpc) is 3.00. The maximum absolute atomic E-state index is 12.1. The first-order valence-electron chi connectivity index (χ1n) is 9.37. The lowest BCUT2D eigenvalue weighted by atomic mass is 9.85. The molecule has 0 aromatic rings. The largest absolute Gasteiger partial charge is 0.356 e. The lowest BCUT2D eigenvalue weighted by molar-refractivity contribution is -0.126. The summed E-state index contributed by atoms with van der Waals surface area (Å²) >= 11 is 0. The standard InChI is InChI=1S/C18H33N3O2/c1-13(19)10-11-20-18(23)15-6-8-16(9-7-15)21-17(22)12-14-4-2-3-5-14/h13-16H,2-12,19H2,1H3,(H,20,23)(H,21,22). The lowest BCUT2D eigenvalue weighted by Gasteiger charge is -2.28. The Labute approximate surface area is 140 Å². The molecule has 0 aliphatic heterocycles. The van der Waals surface area contributed by atoms with Gasteiger partial charge in [0.05, 0.1) is 0 Å². The molecule has 5 nitrogen and oxygen atoms in total. The number of hydrogen-bond acceptors (Lipinski definition) is 3. The van der Waals surface area contributed by atoms with Crippen LogP contribution in [0.15, 0.2) is 0 Å². The number of nitrogens with one attached hydrogen (secondary N) is 2. The van der Waals surface area contributed by atoms with Crippen LogP contribution in [-0.4, -0.2) is 30.4 Å². The Kier molecular flexibility index (Phi) is 7.34. The van der Waals surface area contributed by atoms with Crippen LogP contribution in [0.1, 0.15) is 71.1 Å². The van der Waals surface area contributed by atoms with Crippen molar-refractivity contribution in [2.45, 2.75) is 83.2 Å². The maximum Gasteiger partial charge on any atom is 0.223 e. The maximum atomic E-state index is 12.1. The Hall–Kier alpha value is -1.10. The zero-order valence-electron chi connectivity index (χ0n) is 14.5. The summed E-state index contributed by atoms with van der Waals surface area (Å²) in [5, 5.41) is 6.16. The van der Waals surface area contributed by atoms with Crippen LogP contribution < -0.4 is 16.4 Å². The summed E-state index contributed by atoms with van der Waals surface area (Å²) in [5.41, 5.74) is 5.69. The first kappa shape index (κ1) is 18.2. The number of amides is 2. The van der Waals surface area contributed by atoms with Crippen LogP contribution >= 0.6 is 0 Å². The molecule has 23 heavy (non-hydrogen) atoms. The van der Waals surface area contributed by atoms with E-state index in [0.717, 1.165) is 32.1 Å². The topological polar surface area (TPSA) is 84.2 Å². The number of carbonyl (C=O) groups is 2. The van der Waals surface area contributed by atoms with Gasteiger partial charge in [0, 0.05) is 31.0 Å². The van der Waals surface area contributed by atoms with Gasteiger partial charge in [-0.25, -0.2) is 0 Å². The van der Waals surface area contributed by atoms with E-state index in [-0.39, 0.29) is 29.8 Å². The SMILES string of the molecule is CC(N)CCNC(=O)C1CCC(NC(=O)CC2CCCC2)CC1. The van der Waals surface area contributed by atoms with Crippen molar-refractivity contribution in [2.24, 2.45) is 17.6 Å². The molecule has 0 spiro atoms. The summed E-state index contributed by atoms with van der Waals surface area (Å²) in [5.74, 6) is 1.07. The van der Waals surface area contributed by atoms with Crippen LogP contribution in [-0.2, 0) is 9.59 Å². The van der Waals surface area contributed by atoms with Crippen LogP contribution in [0.3, 0.4) is 0 Å². The molecular formula is C18H33N3O2. The third-order valence-corrected chi connectivity index (χ3v) is 5.31. The third-order valence-electron chi connectivity index (χ3n) is 5.31. The van der Waals surface area contributed by atoms with Gasteiger partial charge in [-0.15, -0.1) is 0 Å². The molecule has 0 bridgehead atoms. The zero-order chi connectivity index (χ0) is 16.7. The molecule has 0 radical (unpaired) electrons. The molecule has 0 aromatic heterocycles. The van der Waals surface area contributed by atoms with E-state index in [9.17, 15) is 9.59 Å². The molecule has 2 rings (SSSR count). The van der Waals surface area contributed by atoms with Crippen LogP contribution in [0.4, 0.5) is 0 Å². The van der Waals surface area contributed by atoms with Crippen molar-refractivity contribution in [3.8, 4) is 0 Å². The van der Waals surface area contributed by atoms with Gasteiger partial charge in [-0.05, 0) is 57.8 Å². The van der Waals surface area contributed by atoms with Crippen LogP contribution in [0.2, 0.25) is 0 Å². The summed E-state index contributed by atoms with van der Waals surface area (Å²) in [6.07, 6.45) is 10.1. The van der Waals surface area contributed by atoms with Gasteiger partial charge in [-0.2, -0.15) is 0 Å². The van der Waals surface area contributed by atoms with Gasteiger partial charge in [0.1, 0.15) is 0 Å².